The van der Waals surface area contributed by atoms with Gasteiger partial charge in [-0.25, -0.2) is 15.0 Å². The first kappa shape index (κ1) is 35.2. The van der Waals surface area contributed by atoms with Crippen LogP contribution in [-0.2, 0) is 0 Å². The van der Waals surface area contributed by atoms with Gasteiger partial charge in [-0.2, -0.15) is 0 Å². The third-order valence-electron chi connectivity index (χ3n) is 11.9. The van der Waals surface area contributed by atoms with Crippen molar-refractivity contribution in [3.05, 3.63) is 212 Å². The summed E-state index contributed by atoms with van der Waals surface area (Å²) in [6, 6.07) is 75.8. The van der Waals surface area contributed by atoms with Gasteiger partial charge in [-0.3, -0.25) is 0 Å². The molecule has 12 aromatic rings. The van der Waals surface area contributed by atoms with Crippen LogP contribution in [0.15, 0.2) is 212 Å². The number of nitrogens with zero attached hydrogens (tertiary/aromatic N) is 3. The zero-order chi connectivity index (χ0) is 40.3. The van der Waals surface area contributed by atoms with E-state index in [0.717, 1.165) is 44.3 Å². The van der Waals surface area contributed by atoms with Crippen molar-refractivity contribution in [3.8, 4) is 67.5 Å². The predicted molar refractivity (Wildman–Crippen MR) is 258 cm³/mol. The molecule has 0 N–H and O–H groups in total. The molecule has 0 fully saturated rings. The van der Waals surface area contributed by atoms with Crippen LogP contribution in [0.5, 0.6) is 0 Å². The maximum Gasteiger partial charge on any atom is 0.164 e. The summed E-state index contributed by atoms with van der Waals surface area (Å²) in [6.07, 6.45) is 0. The first-order valence-electron chi connectivity index (χ1n) is 20.6. The minimum atomic E-state index is 0.633. The smallest absolute Gasteiger partial charge is 0.164 e. The molecule has 10 aromatic carbocycles. The Labute approximate surface area is 356 Å². The van der Waals surface area contributed by atoms with Gasteiger partial charge in [0.25, 0.3) is 0 Å². The summed E-state index contributed by atoms with van der Waals surface area (Å²) in [7, 11) is 0. The zero-order valence-electron chi connectivity index (χ0n) is 33.0. The summed E-state index contributed by atoms with van der Waals surface area (Å²) in [6.45, 7) is 0. The Morgan fingerprint density at radius 1 is 0.246 bits per heavy atom. The summed E-state index contributed by atoms with van der Waals surface area (Å²) in [5, 5.41) is 9.91. The van der Waals surface area contributed by atoms with E-state index in [0.29, 0.717) is 17.5 Å². The lowest BCUT2D eigenvalue weighted by Gasteiger charge is -2.14. The second-order valence-electron chi connectivity index (χ2n) is 15.5. The van der Waals surface area contributed by atoms with Gasteiger partial charge in [0, 0.05) is 36.9 Å². The molecule has 2 aromatic heterocycles. The zero-order valence-corrected chi connectivity index (χ0v) is 33.8. The molecule has 0 unspecified atom stereocenters. The average molecular weight is 794 g/mol. The maximum absolute atomic E-state index is 5.35. The molecule has 0 saturated carbocycles. The summed E-state index contributed by atoms with van der Waals surface area (Å²) in [4.78, 5) is 15.9. The fourth-order valence-corrected chi connectivity index (χ4v) is 10.1. The molecule has 12 rings (SSSR count). The van der Waals surface area contributed by atoms with Crippen LogP contribution in [0, 0.1) is 0 Å². The molecule has 0 aliphatic rings. The lowest BCUT2D eigenvalue weighted by molar-refractivity contribution is 1.08. The molecule has 2 heterocycles. The lowest BCUT2D eigenvalue weighted by Crippen LogP contribution is -2.01. The standard InChI is InChI=1S/C57H35N3S/c1-3-13-36(14-4-1)38-23-27-40(28-24-38)55-58-56(41-29-25-39(26-30-41)37-15-5-2-6-16-37)60-57(59-55)51-34-43(35-53-54(51)49-21-11-12-22-52(49)61-53)42-31-32-48-46-19-8-7-17-44(46)45-18-9-10-20-47(45)50(48)33-42/h1-35H. The van der Waals surface area contributed by atoms with Crippen LogP contribution >= 0.6 is 11.3 Å². The van der Waals surface area contributed by atoms with Crippen LogP contribution in [0.2, 0.25) is 0 Å². The highest BCUT2D eigenvalue weighted by molar-refractivity contribution is 7.26. The number of rotatable bonds is 6. The van der Waals surface area contributed by atoms with E-state index in [4.69, 9.17) is 15.0 Å². The van der Waals surface area contributed by atoms with Crippen LogP contribution in [0.25, 0.3) is 120 Å². The van der Waals surface area contributed by atoms with Gasteiger partial charge in [-0.15, -0.1) is 11.3 Å². The van der Waals surface area contributed by atoms with Gasteiger partial charge in [0.15, 0.2) is 17.5 Å². The van der Waals surface area contributed by atoms with Gasteiger partial charge in [0.1, 0.15) is 0 Å². The molecule has 3 nitrogen and oxygen atoms in total. The van der Waals surface area contributed by atoms with Gasteiger partial charge in [-0.1, -0.05) is 188 Å². The van der Waals surface area contributed by atoms with E-state index in [1.807, 2.05) is 23.5 Å². The first-order chi connectivity index (χ1) is 30.2. The van der Waals surface area contributed by atoms with Gasteiger partial charge in [0.05, 0.1) is 0 Å². The number of thiophene rings is 1. The molecule has 0 bridgehead atoms. The normalized spacial score (nSPS) is 11.6. The predicted octanol–water partition coefficient (Wildman–Crippen LogP) is 15.7. The Balaban J connectivity index is 1.08. The number of benzene rings is 10. The Hall–Kier alpha value is -7.79. The summed E-state index contributed by atoms with van der Waals surface area (Å²) in [5.41, 5.74) is 9.75. The van der Waals surface area contributed by atoms with Crippen LogP contribution in [0.3, 0.4) is 0 Å². The highest BCUT2D eigenvalue weighted by atomic mass is 32.1. The largest absolute Gasteiger partial charge is 0.208 e. The molecule has 0 spiro atoms. The van der Waals surface area contributed by atoms with Crippen LogP contribution in [0.4, 0.5) is 0 Å². The summed E-state index contributed by atoms with van der Waals surface area (Å²) in [5.74, 6) is 1.91. The van der Waals surface area contributed by atoms with E-state index < -0.39 is 0 Å². The Bertz CT molecular complexity index is 3480. The third kappa shape index (κ3) is 6.16. The van der Waals surface area contributed by atoms with Crippen molar-refractivity contribution in [2.24, 2.45) is 0 Å². The van der Waals surface area contributed by atoms with E-state index in [2.05, 4.69) is 200 Å². The molecule has 284 valence electrons. The Kier molecular flexibility index (Phi) is 8.36. The fraction of sp³-hybridized carbons (Fsp3) is 0. The van der Waals surface area contributed by atoms with E-state index in [1.54, 1.807) is 0 Å². The minimum absolute atomic E-state index is 0.633. The van der Waals surface area contributed by atoms with Crippen molar-refractivity contribution in [1.29, 1.82) is 0 Å². The molecular weight excluding hydrogens is 759 g/mol. The molecule has 4 heteroatoms. The topological polar surface area (TPSA) is 38.7 Å². The molecule has 0 atom stereocenters. The number of aromatic nitrogens is 3. The van der Waals surface area contributed by atoms with Crippen LogP contribution < -0.4 is 0 Å². The van der Waals surface area contributed by atoms with E-state index in [1.165, 1.54) is 58.2 Å². The SMILES string of the molecule is c1ccc(-c2ccc(-c3nc(-c4ccc(-c5ccccc5)cc4)nc(-c4cc(-c5ccc6c7ccccc7c7ccccc7c6c5)cc5sc6ccccc6c45)n3)cc2)cc1. The first-order valence-corrected chi connectivity index (χ1v) is 21.4. The van der Waals surface area contributed by atoms with Crippen molar-refractivity contribution in [1.82, 2.24) is 15.0 Å². The Morgan fingerprint density at radius 2 is 0.656 bits per heavy atom. The van der Waals surface area contributed by atoms with Gasteiger partial charge in [-0.05, 0) is 90.0 Å². The van der Waals surface area contributed by atoms with Crippen molar-refractivity contribution in [2.45, 2.75) is 0 Å². The van der Waals surface area contributed by atoms with Crippen molar-refractivity contribution in [3.63, 3.8) is 0 Å². The van der Waals surface area contributed by atoms with Crippen molar-refractivity contribution < 1.29 is 0 Å². The highest BCUT2D eigenvalue weighted by Gasteiger charge is 2.20. The van der Waals surface area contributed by atoms with E-state index >= 15 is 0 Å². The summed E-state index contributed by atoms with van der Waals surface area (Å²) < 4.78 is 2.43. The van der Waals surface area contributed by atoms with Crippen molar-refractivity contribution >= 4 is 63.8 Å². The minimum Gasteiger partial charge on any atom is -0.208 e. The van der Waals surface area contributed by atoms with Crippen LogP contribution in [-0.4, -0.2) is 15.0 Å². The molecule has 61 heavy (non-hydrogen) atoms. The van der Waals surface area contributed by atoms with Gasteiger partial charge < -0.3 is 0 Å². The fourth-order valence-electron chi connectivity index (χ4n) is 8.92. The Morgan fingerprint density at radius 3 is 1.21 bits per heavy atom. The lowest BCUT2D eigenvalue weighted by atomic mass is 9.91. The molecule has 0 radical (unpaired) electrons. The maximum atomic E-state index is 5.35. The van der Waals surface area contributed by atoms with Crippen molar-refractivity contribution in [2.75, 3.05) is 0 Å². The third-order valence-corrected chi connectivity index (χ3v) is 13.1. The summed E-state index contributed by atoms with van der Waals surface area (Å²) >= 11 is 1.82. The second kappa shape index (κ2) is 14.5. The van der Waals surface area contributed by atoms with Crippen LogP contribution in [0.1, 0.15) is 0 Å². The average Bonchev–Trinajstić information content (AvgIpc) is 3.73. The molecule has 0 aliphatic carbocycles. The number of fused-ring (bicyclic) bond motifs is 9. The monoisotopic (exact) mass is 793 g/mol. The number of hydrogen-bond acceptors (Lipinski definition) is 4. The highest BCUT2D eigenvalue weighted by Crippen LogP contribution is 2.44. The van der Waals surface area contributed by atoms with Gasteiger partial charge >= 0.3 is 0 Å². The second-order valence-corrected chi connectivity index (χ2v) is 16.6. The van der Waals surface area contributed by atoms with E-state index in [9.17, 15) is 0 Å². The quantitative estimate of drug-likeness (QED) is 0.157. The molecule has 0 saturated heterocycles. The molecule has 0 aliphatic heterocycles. The molecule has 0 amide bonds. The molecular formula is C57H35N3S. The van der Waals surface area contributed by atoms with Gasteiger partial charge in [0.2, 0.25) is 0 Å². The van der Waals surface area contributed by atoms with E-state index in [-0.39, 0.29) is 0 Å². The number of hydrogen-bond donors (Lipinski definition) is 0.